The van der Waals surface area contributed by atoms with Gasteiger partial charge in [-0.05, 0) is 35.4 Å². The fourth-order valence-corrected chi connectivity index (χ4v) is 2.49. The van der Waals surface area contributed by atoms with Crippen LogP contribution in [0.5, 0.6) is 5.75 Å². The van der Waals surface area contributed by atoms with Crippen LogP contribution >= 0.6 is 24.0 Å². The SMILES string of the molecule is CN=C(NCC(=O)NCc1ccc(OC)cc1)N(C)Cc1ccc(F)cc1.I. The van der Waals surface area contributed by atoms with E-state index in [1.807, 2.05) is 36.2 Å². The van der Waals surface area contributed by atoms with E-state index in [0.29, 0.717) is 19.0 Å². The summed E-state index contributed by atoms with van der Waals surface area (Å²) >= 11 is 0. The Hall–Kier alpha value is -2.36. The Kier molecular flexibility index (Phi) is 10.3. The van der Waals surface area contributed by atoms with Crippen LogP contribution in [0.4, 0.5) is 4.39 Å². The molecule has 0 fully saturated rings. The van der Waals surface area contributed by atoms with Crippen molar-refractivity contribution in [3.05, 3.63) is 65.5 Å². The number of carbonyl (C=O) groups is 1. The first kappa shape index (κ1) is 23.7. The average molecular weight is 500 g/mol. The van der Waals surface area contributed by atoms with Gasteiger partial charge in [0.1, 0.15) is 11.6 Å². The maximum atomic E-state index is 13.0. The zero-order valence-corrected chi connectivity index (χ0v) is 18.6. The molecule has 0 aliphatic heterocycles. The Labute approximate surface area is 182 Å². The van der Waals surface area contributed by atoms with Crippen molar-refractivity contribution in [1.29, 1.82) is 0 Å². The Morgan fingerprint density at radius 2 is 1.68 bits per heavy atom. The highest BCUT2D eigenvalue weighted by Gasteiger charge is 2.09. The molecule has 152 valence electrons. The third-order valence-electron chi connectivity index (χ3n) is 3.96. The van der Waals surface area contributed by atoms with Gasteiger partial charge in [-0.15, -0.1) is 24.0 Å². The summed E-state index contributed by atoms with van der Waals surface area (Å²) in [5.74, 6) is 0.957. The molecule has 0 bridgehead atoms. The normalized spacial score (nSPS) is 10.6. The number of hydrogen-bond donors (Lipinski definition) is 2. The number of nitrogens with one attached hydrogen (secondary N) is 2. The van der Waals surface area contributed by atoms with Gasteiger partial charge in [0, 0.05) is 27.2 Å². The molecule has 1 amide bonds. The molecule has 8 heteroatoms. The van der Waals surface area contributed by atoms with E-state index in [0.717, 1.165) is 16.9 Å². The number of halogens is 2. The highest BCUT2D eigenvalue weighted by atomic mass is 127. The molecule has 0 unspecified atom stereocenters. The summed E-state index contributed by atoms with van der Waals surface area (Å²) in [6.45, 7) is 1.10. The van der Waals surface area contributed by atoms with Gasteiger partial charge in [-0.1, -0.05) is 24.3 Å². The molecule has 6 nitrogen and oxygen atoms in total. The smallest absolute Gasteiger partial charge is 0.239 e. The van der Waals surface area contributed by atoms with Crippen molar-refractivity contribution in [1.82, 2.24) is 15.5 Å². The lowest BCUT2D eigenvalue weighted by Gasteiger charge is -2.22. The van der Waals surface area contributed by atoms with Gasteiger partial charge in [-0.25, -0.2) is 4.39 Å². The van der Waals surface area contributed by atoms with Crippen LogP contribution in [0.15, 0.2) is 53.5 Å². The minimum atomic E-state index is -0.266. The minimum Gasteiger partial charge on any atom is -0.497 e. The summed E-state index contributed by atoms with van der Waals surface area (Å²) < 4.78 is 18.1. The van der Waals surface area contributed by atoms with Crippen LogP contribution in [0, 0.1) is 5.82 Å². The molecule has 28 heavy (non-hydrogen) atoms. The molecular formula is C20H26FIN4O2. The maximum absolute atomic E-state index is 13.0. The van der Waals surface area contributed by atoms with Crippen molar-refractivity contribution in [2.75, 3.05) is 27.7 Å². The van der Waals surface area contributed by atoms with Gasteiger partial charge in [-0.2, -0.15) is 0 Å². The quantitative estimate of drug-likeness (QED) is 0.349. The lowest BCUT2D eigenvalue weighted by atomic mass is 10.2. The number of rotatable bonds is 7. The molecule has 0 heterocycles. The van der Waals surface area contributed by atoms with Crippen LogP contribution in [0.25, 0.3) is 0 Å². The third kappa shape index (κ3) is 7.71. The highest BCUT2D eigenvalue weighted by molar-refractivity contribution is 14.0. The molecule has 2 aromatic rings. The predicted octanol–water partition coefficient (Wildman–Crippen LogP) is 2.78. The monoisotopic (exact) mass is 500 g/mol. The second-order valence-electron chi connectivity index (χ2n) is 6.01. The van der Waals surface area contributed by atoms with Gasteiger partial charge in [0.05, 0.1) is 13.7 Å². The van der Waals surface area contributed by atoms with Crippen molar-refractivity contribution < 1.29 is 13.9 Å². The fourth-order valence-electron chi connectivity index (χ4n) is 2.49. The molecule has 0 aliphatic carbocycles. The van der Waals surface area contributed by atoms with E-state index < -0.39 is 0 Å². The lowest BCUT2D eigenvalue weighted by molar-refractivity contribution is -0.120. The molecule has 0 spiro atoms. The number of methoxy groups -OCH3 is 1. The Morgan fingerprint density at radius 3 is 2.25 bits per heavy atom. The predicted molar refractivity (Wildman–Crippen MR) is 119 cm³/mol. The van der Waals surface area contributed by atoms with Crippen LogP contribution in [0.1, 0.15) is 11.1 Å². The first-order chi connectivity index (χ1) is 13.0. The molecule has 0 saturated carbocycles. The van der Waals surface area contributed by atoms with Crippen molar-refractivity contribution in [3.8, 4) is 5.75 Å². The first-order valence-electron chi connectivity index (χ1n) is 8.57. The van der Waals surface area contributed by atoms with Crippen molar-refractivity contribution in [2.45, 2.75) is 13.1 Å². The van der Waals surface area contributed by atoms with Crippen molar-refractivity contribution in [3.63, 3.8) is 0 Å². The zero-order chi connectivity index (χ0) is 19.6. The van der Waals surface area contributed by atoms with E-state index in [4.69, 9.17) is 4.74 Å². The molecule has 0 aliphatic rings. The zero-order valence-electron chi connectivity index (χ0n) is 16.2. The van der Waals surface area contributed by atoms with E-state index in [2.05, 4.69) is 15.6 Å². The van der Waals surface area contributed by atoms with Crippen LogP contribution < -0.4 is 15.4 Å². The molecule has 2 N–H and O–H groups in total. The van der Waals surface area contributed by atoms with E-state index in [-0.39, 0.29) is 42.2 Å². The Morgan fingerprint density at radius 1 is 1.07 bits per heavy atom. The van der Waals surface area contributed by atoms with Gasteiger partial charge >= 0.3 is 0 Å². The van der Waals surface area contributed by atoms with Crippen molar-refractivity contribution in [2.24, 2.45) is 4.99 Å². The summed E-state index contributed by atoms with van der Waals surface area (Å²) in [6.07, 6.45) is 0. The number of guanidine groups is 1. The first-order valence-corrected chi connectivity index (χ1v) is 8.57. The van der Waals surface area contributed by atoms with Crippen LogP contribution in [0.3, 0.4) is 0 Å². The van der Waals surface area contributed by atoms with Crippen molar-refractivity contribution >= 4 is 35.8 Å². The van der Waals surface area contributed by atoms with Gasteiger partial charge in [0.15, 0.2) is 5.96 Å². The fraction of sp³-hybridized carbons (Fsp3) is 0.300. The minimum absolute atomic E-state index is 0. The number of amides is 1. The molecule has 0 saturated heterocycles. The average Bonchev–Trinajstić information content (AvgIpc) is 2.69. The second kappa shape index (κ2) is 12.2. The molecule has 2 aromatic carbocycles. The summed E-state index contributed by atoms with van der Waals surface area (Å²) in [4.78, 5) is 18.1. The lowest BCUT2D eigenvalue weighted by Crippen LogP contribution is -2.43. The molecule has 2 rings (SSSR count). The van der Waals surface area contributed by atoms with Crippen LogP contribution in [0.2, 0.25) is 0 Å². The summed E-state index contributed by atoms with van der Waals surface area (Å²) in [6, 6.07) is 13.8. The van der Waals surface area contributed by atoms with Gasteiger partial charge < -0.3 is 20.3 Å². The van der Waals surface area contributed by atoms with E-state index in [1.54, 1.807) is 26.3 Å². The Balaban J connectivity index is 0.00000392. The summed E-state index contributed by atoms with van der Waals surface area (Å²) in [5, 5.41) is 5.88. The third-order valence-corrected chi connectivity index (χ3v) is 3.96. The van der Waals surface area contributed by atoms with Crippen LogP contribution in [-0.4, -0.2) is 44.5 Å². The maximum Gasteiger partial charge on any atom is 0.239 e. The van der Waals surface area contributed by atoms with Gasteiger partial charge in [0.25, 0.3) is 0 Å². The van der Waals surface area contributed by atoms with E-state index >= 15 is 0 Å². The topological polar surface area (TPSA) is 66.0 Å². The van der Waals surface area contributed by atoms with Gasteiger partial charge in [-0.3, -0.25) is 9.79 Å². The summed E-state index contributed by atoms with van der Waals surface area (Å²) in [5.41, 5.74) is 1.94. The molecule has 0 radical (unpaired) electrons. The standard InChI is InChI=1S/C20H25FN4O2.HI/c1-22-20(25(2)14-16-4-8-17(21)9-5-16)24-13-19(26)23-12-15-6-10-18(27-3)11-7-15;/h4-11H,12-14H2,1-3H3,(H,22,24)(H,23,26);1H. The summed E-state index contributed by atoms with van der Waals surface area (Å²) in [7, 11) is 5.12. The highest BCUT2D eigenvalue weighted by Crippen LogP contribution is 2.10. The molecule has 0 aromatic heterocycles. The van der Waals surface area contributed by atoms with E-state index in [9.17, 15) is 9.18 Å². The largest absolute Gasteiger partial charge is 0.497 e. The number of aliphatic imine (C=N–C) groups is 1. The number of ether oxygens (including phenoxy) is 1. The van der Waals surface area contributed by atoms with E-state index in [1.165, 1.54) is 12.1 Å². The second-order valence-corrected chi connectivity index (χ2v) is 6.01. The van der Waals surface area contributed by atoms with Gasteiger partial charge in [0.2, 0.25) is 5.91 Å². The number of hydrogen-bond acceptors (Lipinski definition) is 3. The molecular weight excluding hydrogens is 474 g/mol. The number of benzene rings is 2. The molecule has 0 atom stereocenters. The Bertz CT molecular complexity index is 767. The number of nitrogens with zero attached hydrogens (tertiary/aromatic N) is 2. The number of carbonyl (C=O) groups excluding carboxylic acids is 1. The van der Waals surface area contributed by atoms with Crippen LogP contribution in [-0.2, 0) is 17.9 Å².